The van der Waals surface area contributed by atoms with Gasteiger partial charge in [-0.3, -0.25) is 19.1 Å². The first kappa shape index (κ1) is 33.8. The van der Waals surface area contributed by atoms with Gasteiger partial charge in [-0.1, -0.05) is 60.7 Å². The Labute approximate surface area is 255 Å². The zero-order valence-electron chi connectivity index (χ0n) is 23.6. The number of non-ortho nitro benzene ring substituents is 1. The summed E-state index contributed by atoms with van der Waals surface area (Å²) in [4.78, 5) is 22.6. The van der Waals surface area contributed by atoms with E-state index in [1.165, 1.54) is 12.1 Å². The molecular formula is C29H28F3NO11S. The van der Waals surface area contributed by atoms with Gasteiger partial charge in [0.2, 0.25) is 6.29 Å². The lowest BCUT2D eigenvalue weighted by molar-refractivity contribution is -0.384. The summed E-state index contributed by atoms with van der Waals surface area (Å²) in [5.74, 6) is -1.02. The Hall–Kier alpha value is -4.09. The minimum Gasteiger partial charge on any atom is -0.462 e. The molecule has 0 radical (unpaired) electrons. The van der Waals surface area contributed by atoms with E-state index < -0.39 is 63.8 Å². The molecule has 1 aliphatic rings. The normalized spacial score (nSPS) is 22.0. The summed E-state index contributed by atoms with van der Waals surface area (Å²) in [5, 5.41) is 11.1. The number of benzene rings is 3. The second kappa shape index (κ2) is 14.8. The van der Waals surface area contributed by atoms with Crippen LogP contribution >= 0.6 is 0 Å². The van der Waals surface area contributed by atoms with E-state index in [2.05, 4.69) is 0 Å². The van der Waals surface area contributed by atoms with E-state index in [-0.39, 0.29) is 24.7 Å². The van der Waals surface area contributed by atoms with Crippen LogP contribution in [0.4, 0.5) is 18.9 Å². The predicted octanol–water partition coefficient (Wildman–Crippen LogP) is 4.67. The number of alkyl halides is 3. The zero-order valence-corrected chi connectivity index (χ0v) is 24.4. The van der Waals surface area contributed by atoms with Crippen LogP contribution in [0.5, 0.6) is 5.75 Å². The van der Waals surface area contributed by atoms with Crippen molar-refractivity contribution in [3.8, 4) is 5.75 Å². The van der Waals surface area contributed by atoms with Crippen molar-refractivity contribution < 1.29 is 59.2 Å². The molecule has 242 valence electrons. The molecule has 0 aromatic heterocycles. The van der Waals surface area contributed by atoms with Crippen LogP contribution in [-0.4, -0.2) is 62.1 Å². The smallest absolute Gasteiger partial charge is 0.462 e. The molecule has 1 saturated heterocycles. The number of nitro benzene ring substituents is 1. The van der Waals surface area contributed by atoms with Crippen LogP contribution in [0.1, 0.15) is 18.1 Å². The van der Waals surface area contributed by atoms with Gasteiger partial charge in [0.05, 0.1) is 24.7 Å². The molecule has 1 heterocycles. The Morgan fingerprint density at radius 1 is 0.889 bits per heavy atom. The maximum Gasteiger partial charge on any atom is 0.523 e. The van der Waals surface area contributed by atoms with Gasteiger partial charge in [0, 0.05) is 19.1 Å². The van der Waals surface area contributed by atoms with Gasteiger partial charge in [-0.15, -0.1) is 0 Å². The number of halogens is 3. The van der Waals surface area contributed by atoms with Crippen molar-refractivity contribution in [2.24, 2.45) is 0 Å². The zero-order chi connectivity index (χ0) is 32.6. The lowest BCUT2D eigenvalue weighted by Crippen LogP contribution is -2.63. The fraction of sp³-hybridized carbons (Fsp3) is 0.345. The van der Waals surface area contributed by atoms with Crippen LogP contribution in [0.3, 0.4) is 0 Å². The highest BCUT2D eigenvalue weighted by Crippen LogP contribution is 2.35. The van der Waals surface area contributed by atoms with Crippen molar-refractivity contribution in [2.45, 2.75) is 56.4 Å². The molecule has 45 heavy (non-hydrogen) atoms. The molecule has 0 unspecified atom stereocenters. The third-order valence-electron chi connectivity index (χ3n) is 6.39. The number of hydrogen-bond donors (Lipinski definition) is 0. The molecule has 1 aliphatic heterocycles. The lowest BCUT2D eigenvalue weighted by Gasteiger charge is -2.44. The van der Waals surface area contributed by atoms with Crippen molar-refractivity contribution in [2.75, 3.05) is 6.61 Å². The average Bonchev–Trinajstić information content (AvgIpc) is 2.99. The molecule has 16 heteroatoms. The average molecular weight is 656 g/mol. The molecule has 4 rings (SSSR count). The first-order valence-corrected chi connectivity index (χ1v) is 14.8. The Bertz CT molecular complexity index is 1520. The molecule has 0 saturated carbocycles. The molecule has 0 N–H and O–H groups in total. The predicted molar refractivity (Wildman–Crippen MR) is 149 cm³/mol. The van der Waals surface area contributed by atoms with Gasteiger partial charge in [-0.25, -0.2) is 0 Å². The lowest BCUT2D eigenvalue weighted by atomic mass is 9.98. The van der Waals surface area contributed by atoms with E-state index in [0.717, 1.165) is 24.6 Å². The van der Waals surface area contributed by atoms with Gasteiger partial charge >= 0.3 is 21.6 Å². The SMILES string of the molecule is CC(=O)O[C@@H]1[C@H](OS(=O)(=O)C(F)(F)F)[C@@H](OCc2ccccc2)[C@H](Oc2ccc([N+](=O)[O-])cc2)O[C@@H]1COCc1ccccc1. The van der Waals surface area contributed by atoms with E-state index >= 15 is 0 Å². The van der Waals surface area contributed by atoms with Crippen molar-refractivity contribution in [3.63, 3.8) is 0 Å². The van der Waals surface area contributed by atoms with Crippen molar-refractivity contribution in [1.29, 1.82) is 0 Å². The first-order chi connectivity index (χ1) is 21.3. The maximum atomic E-state index is 13.6. The van der Waals surface area contributed by atoms with Crippen LogP contribution in [-0.2, 0) is 51.3 Å². The molecule has 3 aromatic carbocycles. The molecular weight excluding hydrogens is 627 g/mol. The minimum atomic E-state index is -6.28. The van der Waals surface area contributed by atoms with Gasteiger partial charge in [-0.2, -0.15) is 21.6 Å². The largest absolute Gasteiger partial charge is 0.523 e. The number of nitrogens with zero attached hydrogens (tertiary/aromatic N) is 1. The molecule has 1 fully saturated rings. The molecule has 0 bridgehead atoms. The van der Waals surface area contributed by atoms with E-state index in [0.29, 0.717) is 5.56 Å². The highest BCUT2D eigenvalue weighted by molar-refractivity contribution is 7.87. The first-order valence-electron chi connectivity index (χ1n) is 13.3. The molecule has 5 atom stereocenters. The van der Waals surface area contributed by atoms with Gasteiger partial charge in [-0.05, 0) is 23.3 Å². The van der Waals surface area contributed by atoms with Crippen molar-refractivity contribution >= 4 is 21.8 Å². The van der Waals surface area contributed by atoms with Crippen LogP contribution < -0.4 is 4.74 Å². The number of hydrogen-bond acceptors (Lipinski definition) is 11. The molecule has 3 aromatic rings. The molecule has 0 amide bonds. The summed E-state index contributed by atoms with van der Waals surface area (Å²) in [6, 6.07) is 21.8. The quantitative estimate of drug-likeness (QED) is 0.0831. The van der Waals surface area contributed by atoms with E-state index in [9.17, 15) is 36.5 Å². The summed E-state index contributed by atoms with van der Waals surface area (Å²) in [7, 11) is -6.28. The third-order valence-corrected chi connectivity index (χ3v) is 7.44. The molecule has 0 spiro atoms. The van der Waals surface area contributed by atoms with Gasteiger partial charge in [0.25, 0.3) is 5.69 Å². The van der Waals surface area contributed by atoms with Crippen LogP contribution in [0.2, 0.25) is 0 Å². The Kier molecular flexibility index (Phi) is 11.1. The monoisotopic (exact) mass is 655 g/mol. The van der Waals surface area contributed by atoms with Crippen LogP contribution in [0.15, 0.2) is 84.9 Å². The van der Waals surface area contributed by atoms with E-state index in [4.69, 9.17) is 27.9 Å². The number of nitro groups is 1. The van der Waals surface area contributed by atoms with Gasteiger partial charge in [0.1, 0.15) is 18.0 Å². The van der Waals surface area contributed by atoms with Gasteiger partial charge < -0.3 is 23.7 Å². The van der Waals surface area contributed by atoms with Crippen LogP contribution in [0.25, 0.3) is 0 Å². The second-order valence-electron chi connectivity index (χ2n) is 9.71. The minimum absolute atomic E-state index is 0.0156. The summed E-state index contributed by atoms with van der Waals surface area (Å²) < 4.78 is 98.8. The number of carbonyl (C=O) groups excluding carboxylic acids is 1. The van der Waals surface area contributed by atoms with E-state index in [1.54, 1.807) is 60.7 Å². The standard InChI is InChI=1S/C29H28F3NO11S/c1-19(34)41-25-24(18-39-16-20-8-4-2-5-9-20)43-28(42-23-14-12-22(13-15-23)33(35)36)27(40-17-21-10-6-3-7-11-21)26(25)44-45(37,38)29(30,31)32/h2-15,24-28H,16-18H2,1H3/t24-,25+,26+,27-,28-/m1/s1. The summed E-state index contributed by atoms with van der Waals surface area (Å²) in [5.41, 5.74) is -4.85. The third kappa shape index (κ3) is 9.21. The van der Waals surface area contributed by atoms with Gasteiger partial charge in [0.15, 0.2) is 12.2 Å². The fourth-order valence-electron chi connectivity index (χ4n) is 4.34. The highest BCUT2D eigenvalue weighted by Gasteiger charge is 2.57. The topological polar surface area (TPSA) is 150 Å². The number of ether oxygens (including phenoxy) is 5. The number of esters is 1. The molecule has 12 nitrogen and oxygen atoms in total. The van der Waals surface area contributed by atoms with E-state index in [1.807, 2.05) is 0 Å². The number of carbonyl (C=O) groups is 1. The van der Waals surface area contributed by atoms with Crippen molar-refractivity contribution in [1.82, 2.24) is 0 Å². The summed E-state index contributed by atoms with van der Waals surface area (Å²) in [6.45, 7) is 0.297. The second-order valence-corrected chi connectivity index (χ2v) is 11.3. The highest BCUT2D eigenvalue weighted by atomic mass is 32.2. The maximum absolute atomic E-state index is 13.6. The molecule has 0 aliphatic carbocycles. The Morgan fingerprint density at radius 3 is 2.00 bits per heavy atom. The fourth-order valence-corrected chi connectivity index (χ4v) is 4.96. The Morgan fingerprint density at radius 2 is 1.47 bits per heavy atom. The van der Waals surface area contributed by atoms with Crippen molar-refractivity contribution in [3.05, 3.63) is 106 Å². The summed E-state index contributed by atoms with van der Waals surface area (Å²) in [6.07, 6.45) is -8.79. The van der Waals surface area contributed by atoms with Crippen LogP contribution in [0, 0.1) is 10.1 Å². The number of rotatable bonds is 13. The Balaban J connectivity index is 1.72. The summed E-state index contributed by atoms with van der Waals surface area (Å²) >= 11 is 0.